The van der Waals surface area contributed by atoms with E-state index < -0.39 is 11.6 Å². The number of nitrogens with zero attached hydrogens (tertiary/aromatic N) is 5. The molecule has 1 aromatic carbocycles. The van der Waals surface area contributed by atoms with E-state index in [4.69, 9.17) is 9.72 Å². The van der Waals surface area contributed by atoms with Crippen LogP contribution in [-0.4, -0.2) is 67.4 Å². The molecular weight excluding hydrogens is 352 g/mol. The fourth-order valence-electron chi connectivity index (χ4n) is 3.46. The normalized spacial score (nSPS) is 18.7. The van der Waals surface area contributed by atoms with Crippen LogP contribution in [-0.2, 0) is 11.3 Å². The van der Waals surface area contributed by atoms with Gasteiger partial charge >= 0.3 is 0 Å². The molecule has 0 atom stereocenters. The number of hydrogen-bond acceptors (Lipinski definition) is 6. The second-order valence-electron chi connectivity index (χ2n) is 6.81. The molecule has 0 amide bonds. The molecule has 3 heterocycles. The molecule has 2 saturated heterocycles. The van der Waals surface area contributed by atoms with E-state index >= 15 is 0 Å². The van der Waals surface area contributed by atoms with Gasteiger partial charge in [-0.1, -0.05) is 6.07 Å². The molecule has 144 valence electrons. The minimum atomic E-state index is -0.543. The Morgan fingerprint density at radius 3 is 2.44 bits per heavy atom. The van der Waals surface area contributed by atoms with Crippen LogP contribution in [0.25, 0.3) is 0 Å². The van der Waals surface area contributed by atoms with E-state index in [1.54, 1.807) is 6.20 Å². The lowest BCUT2D eigenvalue weighted by Gasteiger charge is -2.35. The van der Waals surface area contributed by atoms with E-state index in [-0.39, 0.29) is 0 Å². The van der Waals surface area contributed by atoms with Crippen LogP contribution < -0.4 is 9.80 Å². The van der Waals surface area contributed by atoms with Crippen molar-refractivity contribution in [1.29, 1.82) is 0 Å². The first kappa shape index (κ1) is 18.1. The minimum absolute atomic E-state index is 0.481. The van der Waals surface area contributed by atoms with E-state index in [9.17, 15) is 8.78 Å². The first-order valence-electron chi connectivity index (χ1n) is 9.26. The fourth-order valence-corrected chi connectivity index (χ4v) is 3.46. The summed E-state index contributed by atoms with van der Waals surface area (Å²) in [5.74, 6) is 0.628. The second-order valence-corrected chi connectivity index (χ2v) is 6.81. The molecule has 4 rings (SSSR count). The smallest absolute Gasteiger partial charge is 0.227 e. The minimum Gasteiger partial charge on any atom is -0.378 e. The third-order valence-corrected chi connectivity index (χ3v) is 5.03. The molecule has 1 aromatic heterocycles. The summed E-state index contributed by atoms with van der Waals surface area (Å²) in [7, 11) is 0. The van der Waals surface area contributed by atoms with Crippen molar-refractivity contribution in [2.24, 2.45) is 0 Å². The van der Waals surface area contributed by atoms with Gasteiger partial charge in [-0.25, -0.2) is 13.8 Å². The first-order chi connectivity index (χ1) is 13.2. The Balaban J connectivity index is 1.36. The zero-order chi connectivity index (χ0) is 18.6. The van der Waals surface area contributed by atoms with Gasteiger partial charge in [-0.2, -0.15) is 4.98 Å². The Kier molecular flexibility index (Phi) is 5.45. The van der Waals surface area contributed by atoms with Crippen LogP contribution in [0.5, 0.6) is 0 Å². The van der Waals surface area contributed by atoms with Crippen molar-refractivity contribution in [3.05, 3.63) is 47.7 Å². The van der Waals surface area contributed by atoms with Crippen LogP contribution in [0.2, 0.25) is 0 Å². The summed E-state index contributed by atoms with van der Waals surface area (Å²) in [6.45, 7) is 6.71. The highest BCUT2D eigenvalue weighted by molar-refractivity contribution is 5.44. The van der Waals surface area contributed by atoms with Crippen LogP contribution >= 0.6 is 0 Å². The van der Waals surface area contributed by atoms with Crippen molar-refractivity contribution in [3.8, 4) is 0 Å². The van der Waals surface area contributed by atoms with Crippen LogP contribution in [0.4, 0.5) is 20.5 Å². The van der Waals surface area contributed by atoms with Gasteiger partial charge in [0.1, 0.15) is 17.5 Å². The lowest BCUT2D eigenvalue weighted by Crippen LogP contribution is -2.46. The zero-order valence-corrected chi connectivity index (χ0v) is 15.2. The molecule has 2 fully saturated rings. The molecule has 27 heavy (non-hydrogen) atoms. The van der Waals surface area contributed by atoms with Crippen LogP contribution in [0, 0.1) is 11.6 Å². The first-order valence-corrected chi connectivity index (χ1v) is 9.26. The maximum Gasteiger partial charge on any atom is 0.227 e. The summed E-state index contributed by atoms with van der Waals surface area (Å²) >= 11 is 0. The van der Waals surface area contributed by atoms with Gasteiger partial charge in [-0.05, 0) is 12.1 Å². The third kappa shape index (κ3) is 4.33. The molecule has 2 aliphatic rings. The van der Waals surface area contributed by atoms with E-state index in [1.165, 1.54) is 12.1 Å². The topological polar surface area (TPSA) is 44.7 Å². The third-order valence-electron chi connectivity index (χ3n) is 5.03. The van der Waals surface area contributed by atoms with Gasteiger partial charge in [-0.3, -0.25) is 4.90 Å². The monoisotopic (exact) mass is 375 g/mol. The predicted octanol–water partition coefficient (Wildman–Crippen LogP) is 1.91. The Bertz CT molecular complexity index is 776. The van der Waals surface area contributed by atoms with Gasteiger partial charge < -0.3 is 14.5 Å². The number of benzene rings is 1. The molecule has 0 N–H and O–H groups in total. The predicted molar refractivity (Wildman–Crippen MR) is 98.9 cm³/mol. The van der Waals surface area contributed by atoms with Gasteiger partial charge in [0.2, 0.25) is 5.95 Å². The van der Waals surface area contributed by atoms with Crippen molar-refractivity contribution in [2.45, 2.75) is 6.54 Å². The number of aromatic nitrogens is 2. The quantitative estimate of drug-likeness (QED) is 0.814. The van der Waals surface area contributed by atoms with E-state index in [2.05, 4.69) is 19.7 Å². The standard InChI is InChI=1S/C19H23F2N5O/c20-16-2-1-15(17(21)13-16)14-24-5-7-26(8-6-24)19-22-4-3-18(23-19)25-9-11-27-12-10-25/h1-4,13H,5-12,14H2. The number of piperazine rings is 1. The van der Waals surface area contributed by atoms with Gasteiger partial charge in [0.15, 0.2) is 0 Å². The highest BCUT2D eigenvalue weighted by Crippen LogP contribution is 2.19. The Labute approximate surface area is 157 Å². The maximum absolute atomic E-state index is 13.9. The molecular formula is C19H23F2N5O. The Morgan fingerprint density at radius 1 is 0.926 bits per heavy atom. The molecule has 8 heteroatoms. The van der Waals surface area contributed by atoms with Crippen LogP contribution in [0.15, 0.2) is 30.5 Å². The molecule has 6 nitrogen and oxygen atoms in total. The summed E-state index contributed by atoms with van der Waals surface area (Å²) in [6.07, 6.45) is 1.80. The van der Waals surface area contributed by atoms with E-state index in [0.717, 1.165) is 70.3 Å². The van der Waals surface area contributed by atoms with Gasteiger partial charge in [0, 0.05) is 63.6 Å². The number of rotatable bonds is 4. The highest BCUT2D eigenvalue weighted by Gasteiger charge is 2.21. The molecule has 0 radical (unpaired) electrons. The average Bonchev–Trinajstić information content (AvgIpc) is 2.71. The number of halogens is 2. The molecule has 2 aliphatic heterocycles. The van der Waals surface area contributed by atoms with E-state index in [0.29, 0.717) is 12.1 Å². The summed E-state index contributed by atoms with van der Waals surface area (Å²) in [4.78, 5) is 15.7. The molecule has 0 spiro atoms. The van der Waals surface area contributed by atoms with Gasteiger partial charge in [0.25, 0.3) is 0 Å². The maximum atomic E-state index is 13.9. The fraction of sp³-hybridized carbons (Fsp3) is 0.474. The lowest BCUT2D eigenvalue weighted by atomic mass is 10.2. The molecule has 0 aliphatic carbocycles. The van der Waals surface area contributed by atoms with Crippen LogP contribution in [0.1, 0.15) is 5.56 Å². The van der Waals surface area contributed by atoms with Crippen molar-refractivity contribution in [3.63, 3.8) is 0 Å². The number of anilines is 2. The number of morpholine rings is 1. The molecule has 0 saturated carbocycles. The SMILES string of the molecule is Fc1ccc(CN2CCN(c3nccc(N4CCOCC4)n3)CC2)c(F)c1. The second kappa shape index (κ2) is 8.14. The number of ether oxygens (including phenoxy) is 1. The zero-order valence-electron chi connectivity index (χ0n) is 15.2. The average molecular weight is 375 g/mol. The molecule has 0 bridgehead atoms. The highest BCUT2D eigenvalue weighted by atomic mass is 19.1. The Morgan fingerprint density at radius 2 is 1.70 bits per heavy atom. The summed E-state index contributed by atoms with van der Waals surface area (Å²) in [5.41, 5.74) is 0.524. The van der Waals surface area contributed by atoms with Crippen molar-refractivity contribution < 1.29 is 13.5 Å². The molecule has 2 aromatic rings. The number of hydrogen-bond donors (Lipinski definition) is 0. The summed E-state index contributed by atoms with van der Waals surface area (Å²) < 4.78 is 32.3. The van der Waals surface area contributed by atoms with Crippen molar-refractivity contribution in [2.75, 3.05) is 62.3 Å². The summed E-state index contributed by atoms with van der Waals surface area (Å²) in [5, 5.41) is 0. The van der Waals surface area contributed by atoms with Gasteiger partial charge in [-0.15, -0.1) is 0 Å². The summed E-state index contributed by atoms with van der Waals surface area (Å²) in [6, 6.07) is 5.70. The van der Waals surface area contributed by atoms with E-state index in [1.807, 2.05) is 6.07 Å². The lowest BCUT2D eigenvalue weighted by molar-refractivity contribution is 0.122. The molecule has 0 unspecified atom stereocenters. The van der Waals surface area contributed by atoms with Crippen molar-refractivity contribution >= 4 is 11.8 Å². The largest absolute Gasteiger partial charge is 0.378 e. The Hall–Kier alpha value is -2.32. The van der Waals surface area contributed by atoms with Gasteiger partial charge in [0.05, 0.1) is 13.2 Å². The van der Waals surface area contributed by atoms with Crippen LogP contribution in [0.3, 0.4) is 0 Å². The van der Waals surface area contributed by atoms with Crippen molar-refractivity contribution in [1.82, 2.24) is 14.9 Å².